The third kappa shape index (κ3) is 5.75. The van der Waals surface area contributed by atoms with E-state index < -0.39 is 0 Å². The van der Waals surface area contributed by atoms with Gasteiger partial charge in [0.05, 0.1) is 0 Å². The quantitative estimate of drug-likeness (QED) is 0.744. The minimum Gasteiger partial charge on any atom is -0.399 e. The second-order valence-electron chi connectivity index (χ2n) is 5.01. The molecule has 0 saturated carbocycles. The van der Waals surface area contributed by atoms with Gasteiger partial charge in [0.2, 0.25) is 5.91 Å². The van der Waals surface area contributed by atoms with E-state index in [1.54, 1.807) is 12.1 Å². The molecule has 1 aromatic rings. The minimum atomic E-state index is 0.0577. The largest absolute Gasteiger partial charge is 0.399 e. The van der Waals surface area contributed by atoms with Crippen molar-refractivity contribution in [2.45, 2.75) is 39.2 Å². The summed E-state index contributed by atoms with van der Waals surface area (Å²) in [5.41, 5.74) is 7.10. The lowest BCUT2D eigenvalue weighted by atomic mass is 10.2. The van der Waals surface area contributed by atoms with Crippen LogP contribution in [0.25, 0.3) is 0 Å². The van der Waals surface area contributed by atoms with Crippen LogP contribution in [0.15, 0.2) is 24.3 Å². The van der Waals surface area contributed by atoms with Crippen LogP contribution in [0.4, 0.5) is 11.4 Å². The van der Waals surface area contributed by atoms with Crippen molar-refractivity contribution in [3.8, 4) is 0 Å². The minimum absolute atomic E-state index is 0.0577. The zero-order chi connectivity index (χ0) is 14.3. The average molecular weight is 263 g/mol. The van der Waals surface area contributed by atoms with Gasteiger partial charge in [-0.05, 0) is 57.6 Å². The number of carbonyl (C=O) groups excluding carboxylic acids is 1. The molecule has 0 radical (unpaired) electrons. The second kappa shape index (κ2) is 7.79. The molecule has 1 rings (SSSR count). The maximum Gasteiger partial charge on any atom is 0.224 e. The maximum atomic E-state index is 11.8. The van der Waals surface area contributed by atoms with Gasteiger partial charge in [-0.3, -0.25) is 4.79 Å². The highest BCUT2D eigenvalue weighted by molar-refractivity contribution is 5.90. The van der Waals surface area contributed by atoms with E-state index in [0.29, 0.717) is 18.2 Å². The molecule has 1 atom stereocenters. The number of carbonyl (C=O) groups is 1. The first kappa shape index (κ1) is 15.5. The van der Waals surface area contributed by atoms with Crippen molar-refractivity contribution in [3.63, 3.8) is 0 Å². The Labute approximate surface area is 116 Å². The van der Waals surface area contributed by atoms with Crippen molar-refractivity contribution in [1.82, 2.24) is 4.90 Å². The van der Waals surface area contributed by atoms with Crippen LogP contribution < -0.4 is 11.1 Å². The molecule has 4 nitrogen and oxygen atoms in total. The Hall–Kier alpha value is -1.55. The molecule has 0 fully saturated rings. The van der Waals surface area contributed by atoms with E-state index in [1.807, 2.05) is 12.1 Å². The summed E-state index contributed by atoms with van der Waals surface area (Å²) < 4.78 is 0. The molecule has 106 valence electrons. The van der Waals surface area contributed by atoms with Crippen molar-refractivity contribution in [2.75, 3.05) is 24.6 Å². The summed E-state index contributed by atoms with van der Waals surface area (Å²) in [6, 6.07) is 7.77. The van der Waals surface area contributed by atoms with Gasteiger partial charge in [-0.25, -0.2) is 0 Å². The van der Waals surface area contributed by atoms with Gasteiger partial charge in [0, 0.05) is 23.8 Å². The van der Waals surface area contributed by atoms with Gasteiger partial charge in [0.25, 0.3) is 0 Å². The predicted octanol–water partition coefficient (Wildman–Crippen LogP) is 2.72. The summed E-state index contributed by atoms with van der Waals surface area (Å²) >= 11 is 0. The lowest BCUT2D eigenvalue weighted by Crippen LogP contribution is -2.29. The molecular formula is C15H25N3O. The molecule has 1 amide bonds. The van der Waals surface area contributed by atoms with Crippen LogP contribution in [-0.2, 0) is 4.79 Å². The summed E-state index contributed by atoms with van der Waals surface area (Å²) in [6.07, 6.45) is 2.56. The Morgan fingerprint density at radius 2 is 2.00 bits per heavy atom. The molecule has 0 bridgehead atoms. The number of anilines is 2. The summed E-state index contributed by atoms with van der Waals surface area (Å²) in [5, 5.41) is 2.87. The molecule has 0 aliphatic carbocycles. The van der Waals surface area contributed by atoms with Gasteiger partial charge in [-0.15, -0.1) is 0 Å². The van der Waals surface area contributed by atoms with Crippen molar-refractivity contribution < 1.29 is 4.79 Å². The van der Waals surface area contributed by atoms with Gasteiger partial charge >= 0.3 is 0 Å². The fourth-order valence-corrected chi connectivity index (χ4v) is 1.81. The Bertz CT molecular complexity index is 389. The smallest absolute Gasteiger partial charge is 0.224 e. The van der Waals surface area contributed by atoms with Crippen LogP contribution in [0.5, 0.6) is 0 Å². The number of nitrogens with two attached hydrogens (primary N) is 1. The number of amides is 1. The van der Waals surface area contributed by atoms with Gasteiger partial charge in [-0.1, -0.05) is 6.92 Å². The predicted molar refractivity (Wildman–Crippen MR) is 81.1 cm³/mol. The van der Waals surface area contributed by atoms with Crippen LogP contribution in [-0.4, -0.2) is 30.4 Å². The van der Waals surface area contributed by atoms with E-state index in [-0.39, 0.29) is 5.91 Å². The van der Waals surface area contributed by atoms with E-state index >= 15 is 0 Å². The van der Waals surface area contributed by atoms with Crippen LogP contribution in [0.3, 0.4) is 0 Å². The topological polar surface area (TPSA) is 58.4 Å². The van der Waals surface area contributed by atoms with Crippen molar-refractivity contribution in [3.05, 3.63) is 24.3 Å². The van der Waals surface area contributed by atoms with Gasteiger partial charge < -0.3 is 16.0 Å². The maximum absolute atomic E-state index is 11.8. The molecule has 0 aromatic heterocycles. The SMILES string of the molecule is CCC(C)N(C)CCCC(=O)Nc1ccc(N)cc1. The summed E-state index contributed by atoms with van der Waals surface area (Å²) in [7, 11) is 2.10. The molecule has 0 heterocycles. The second-order valence-corrected chi connectivity index (χ2v) is 5.01. The first-order valence-electron chi connectivity index (χ1n) is 6.88. The van der Waals surface area contributed by atoms with Crippen LogP contribution >= 0.6 is 0 Å². The van der Waals surface area contributed by atoms with E-state index in [9.17, 15) is 4.79 Å². The molecule has 0 saturated heterocycles. The molecule has 4 heteroatoms. The average Bonchev–Trinajstić information content (AvgIpc) is 2.40. The van der Waals surface area contributed by atoms with E-state index in [1.165, 1.54) is 0 Å². The third-order valence-corrected chi connectivity index (χ3v) is 3.45. The van der Waals surface area contributed by atoms with Gasteiger partial charge in [0.15, 0.2) is 0 Å². The highest BCUT2D eigenvalue weighted by atomic mass is 16.1. The molecule has 1 unspecified atom stereocenters. The molecule has 19 heavy (non-hydrogen) atoms. The Kier molecular flexibility index (Phi) is 6.36. The number of nitrogen functional groups attached to an aromatic ring is 1. The number of nitrogens with one attached hydrogen (secondary N) is 1. The third-order valence-electron chi connectivity index (χ3n) is 3.45. The monoisotopic (exact) mass is 263 g/mol. The molecule has 1 aromatic carbocycles. The number of nitrogens with zero attached hydrogens (tertiary/aromatic N) is 1. The molecule has 0 aliphatic rings. The van der Waals surface area contributed by atoms with E-state index in [2.05, 4.69) is 31.1 Å². The van der Waals surface area contributed by atoms with Crippen molar-refractivity contribution >= 4 is 17.3 Å². The number of hydrogen-bond donors (Lipinski definition) is 2. The van der Waals surface area contributed by atoms with Gasteiger partial charge in [-0.2, -0.15) is 0 Å². The number of hydrogen-bond acceptors (Lipinski definition) is 3. The first-order valence-corrected chi connectivity index (χ1v) is 6.88. The summed E-state index contributed by atoms with van der Waals surface area (Å²) in [6.45, 7) is 5.33. The number of benzene rings is 1. The van der Waals surface area contributed by atoms with Crippen LogP contribution in [0.2, 0.25) is 0 Å². The Balaban J connectivity index is 2.26. The fourth-order valence-electron chi connectivity index (χ4n) is 1.81. The normalized spacial score (nSPS) is 12.4. The first-order chi connectivity index (χ1) is 9.02. The van der Waals surface area contributed by atoms with Gasteiger partial charge in [0.1, 0.15) is 0 Å². The fraction of sp³-hybridized carbons (Fsp3) is 0.533. The van der Waals surface area contributed by atoms with Crippen molar-refractivity contribution in [2.24, 2.45) is 0 Å². The molecule has 0 spiro atoms. The molecule has 3 N–H and O–H groups in total. The van der Waals surface area contributed by atoms with E-state index in [0.717, 1.165) is 25.1 Å². The highest BCUT2D eigenvalue weighted by Crippen LogP contribution is 2.11. The standard InChI is InChI=1S/C15H25N3O/c1-4-12(2)18(3)11-5-6-15(19)17-14-9-7-13(16)8-10-14/h7-10,12H,4-6,11,16H2,1-3H3,(H,17,19). The Morgan fingerprint density at radius 1 is 1.37 bits per heavy atom. The van der Waals surface area contributed by atoms with Crippen LogP contribution in [0.1, 0.15) is 33.1 Å². The van der Waals surface area contributed by atoms with Crippen molar-refractivity contribution in [1.29, 1.82) is 0 Å². The van der Waals surface area contributed by atoms with E-state index in [4.69, 9.17) is 5.73 Å². The number of rotatable bonds is 7. The zero-order valence-corrected chi connectivity index (χ0v) is 12.1. The summed E-state index contributed by atoms with van der Waals surface area (Å²) in [5.74, 6) is 0.0577. The lowest BCUT2D eigenvalue weighted by molar-refractivity contribution is -0.116. The zero-order valence-electron chi connectivity index (χ0n) is 12.1. The summed E-state index contributed by atoms with van der Waals surface area (Å²) in [4.78, 5) is 14.0. The van der Waals surface area contributed by atoms with Crippen LogP contribution in [0, 0.1) is 0 Å². The molecular weight excluding hydrogens is 238 g/mol. The molecule has 0 aliphatic heterocycles. The Morgan fingerprint density at radius 3 is 2.58 bits per heavy atom. The lowest BCUT2D eigenvalue weighted by Gasteiger charge is -2.23. The highest BCUT2D eigenvalue weighted by Gasteiger charge is 2.07.